The van der Waals surface area contributed by atoms with E-state index in [2.05, 4.69) is 82.7 Å². The Balaban J connectivity index is 1.64. The van der Waals surface area contributed by atoms with Crippen LogP contribution in [0.2, 0.25) is 0 Å². The van der Waals surface area contributed by atoms with Crippen molar-refractivity contribution >= 4 is 47.4 Å². The standard InChI is InChI=1S/C28H17BrN2S/c29-23-15-6-4-12-21(23)24-17-25(31-28(30-24)18-9-2-1-3-10-18)22-14-8-13-20-19-11-5-7-16-26(19)32-27(20)22/h1-17H. The molecule has 4 heteroatoms. The first-order chi connectivity index (χ1) is 15.8. The van der Waals surface area contributed by atoms with Crippen molar-refractivity contribution < 1.29 is 0 Å². The molecule has 0 atom stereocenters. The molecule has 0 spiro atoms. The zero-order valence-electron chi connectivity index (χ0n) is 17.0. The van der Waals surface area contributed by atoms with Gasteiger partial charge in [-0.2, -0.15) is 0 Å². The molecule has 2 heterocycles. The molecule has 0 N–H and O–H groups in total. The van der Waals surface area contributed by atoms with Crippen molar-refractivity contribution in [2.75, 3.05) is 0 Å². The van der Waals surface area contributed by atoms with Crippen LogP contribution in [0.3, 0.4) is 0 Å². The molecule has 0 radical (unpaired) electrons. The van der Waals surface area contributed by atoms with E-state index >= 15 is 0 Å². The summed E-state index contributed by atoms with van der Waals surface area (Å²) in [4.78, 5) is 9.97. The predicted molar refractivity (Wildman–Crippen MR) is 139 cm³/mol. The number of hydrogen-bond acceptors (Lipinski definition) is 3. The van der Waals surface area contributed by atoms with Crippen molar-refractivity contribution in [2.45, 2.75) is 0 Å². The Morgan fingerprint density at radius 2 is 1.25 bits per heavy atom. The maximum atomic E-state index is 5.03. The second kappa shape index (κ2) is 7.97. The molecule has 2 aromatic heterocycles. The second-order valence-electron chi connectivity index (χ2n) is 7.59. The number of rotatable bonds is 3. The fourth-order valence-electron chi connectivity index (χ4n) is 4.06. The van der Waals surface area contributed by atoms with Gasteiger partial charge in [0.05, 0.1) is 11.4 Å². The summed E-state index contributed by atoms with van der Waals surface area (Å²) >= 11 is 5.52. The molecule has 0 saturated carbocycles. The van der Waals surface area contributed by atoms with Crippen molar-refractivity contribution in [1.29, 1.82) is 0 Å². The maximum Gasteiger partial charge on any atom is 0.160 e. The van der Waals surface area contributed by atoms with Crippen LogP contribution in [-0.4, -0.2) is 9.97 Å². The lowest BCUT2D eigenvalue weighted by molar-refractivity contribution is 1.18. The van der Waals surface area contributed by atoms with Crippen LogP contribution in [-0.2, 0) is 0 Å². The average Bonchev–Trinajstić information content (AvgIpc) is 3.23. The monoisotopic (exact) mass is 492 g/mol. The van der Waals surface area contributed by atoms with Crippen molar-refractivity contribution in [3.05, 3.63) is 108 Å². The zero-order valence-corrected chi connectivity index (χ0v) is 19.4. The van der Waals surface area contributed by atoms with Crippen molar-refractivity contribution in [1.82, 2.24) is 9.97 Å². The molecule has 0 aliphatic rings. The van der Waals surface area contributed by atoms with Gasteiger partial charge in [-0.25, -0.2) is 9.97 Å². The molecule has 32 heavy (non-hydrogen) atoms. The van der Waals surface area contributed by atoms with Gasteiger partial charge in [0, 0.05) is 41.3 Å². The smallest absolute Gasteiger partial charge is 0.160 e. The molecule has 0 fully saturated rings. The molecule has 0 unspecified atom stereocenters. The minimum Gasteiger partial charge on any atom is -0.228 e. The van der Waals surface area contributed by atoms with Crippen LogP contribution in [0.15, 0.2) is 108 Å². The third kappa shape index (κ3) is 3.32. The summed E-state index contributed by atoms with van der Waals surface area (Å²) in [6, 6.07) is 35.5. The molecule has 0 aliphatic heterocycles. The normalized spacial score (nSPS) is 11.3. The number of halogens is 1. The first-order valence-corrected chi connectivity index (χ1v) is 12.0. The van der Waals surface area contributed by atoms with Crippen molar-refractivity contribution in [3.8, 4) is 33.9 Å². The summed E-state index contributed by atoms with van der Waals surface area (Å²) in [6.45, 7) is 0. The topological polar surface area (TPSA) is 25.8 Å². The summed E-state index contributed by atoms with van der Waals surface area (Å²) < 4.78 is 3.56. The SMILES string of the molecule is Brc1ccccc1-c1cc(-c2cccc3c2sc2ccccc23)nc(-c2ccccc2)n1. The van der Waals surface area contributed by atoms with Crippen LogP contribution in [0.5, 0.6) is 0 Å². The van der Waals surface area contributed by atoms with Crippen LogP contribution in [0.25, 0.3) is 54.1 Å². The number of thiophene rings is 1. The van der Waals surface area contributed by atoms with E-state index < -0.39 is 0 Å². The number of fused-ring (bicyclic) bond motifs is 3. The molecule has 6 aromatic rings. The number of hydrogen-bond donors (Lipinski definition) is 0. The molecule has 0 aliphatic carbocycles. The third-order valence-corrected chi connectivity index (χ3v) is 7.50. The third-order valence-electron chi connectivity index (χ3n) is 5.59. The fraction of sp³-hybridized carbons (Fsp3) is 0. The number of aromatic nitrogens is 2. The van der Waals surface area contributed by atoms with Crippen LogP contribution in [0.4, 0.5) is 0 Å². The van der Waals surface area contributed by atoms with Gasteiger partial charge in [-0.15, -0.1) is 11.3 Å². The highest BCUT2D eigenvalue weighted by Gasteiger charge is 2.15. The molecule has 6 rings (SSSR count). The Labute approximate surface area is 198 Å². The minimum atomic E-state index is 0.729. The highest BCUT2D eigenvalue weighted by atomic mass is 79.9. The molecule has 2 nitrogen and oxygen atoms in total. The van der Waals surface area contributed by atoms with Gasteiger partial charge >= 0.3 is 0 Å². The first-order valence-electron chi connectivity index (χ1n) is 10.4. The predicted octanol–water partition coefficient (Wildman–Crippen LogP) is 8.61. The molecule has 152 valence electrons. The molecule has 0 bridgehead atoms. The Bertz CT molecular complexity index is 1590. The van der Waals surface area contributed by atoms with E-state index in [1.54, 1.807) is 0 Å². The summed E-state index contributed by atoms with van der Waals surface area (Å²) in [5, 5.41) is 2.56. The van der Waals surface area contributed by atoms with Crippen molar-refractivity contribution in [2.24, 2.45) is 0 Å². The largest absolute Gasteiger partial charge is 0.228 e. The van der Waals surface area contributed by atoms with Crippen molar-refractivity contribution in [3.63, 3.8) is 0 Å². The van der Waals surface area contributed by atoms with Crippen LogP contribution >= 0.6 is 27.3 Å². The van der Waals surface area contributed by atoms with Gasteiger partial charge in [-0.1, -0.05) is 101 Å². The van der Waals surface area contributed by atoms with E-state index in [4.69, 9.17) is 9.97 Å². The van der Waals surface area contributed by atoms with E-state index in [1.165, 1.54) is 20.2 Å². The fourth-order valence-corrected chi connectivity index (χ4v) is 5.77. The molecule has 4 aromatic carbocycles. The van der Waals surface area contributed by atoms with E-state index in [0.29, 0.717) is 0 Å². The van der Waals surface area contributed by atoms with E-state index in [-0.39, 0.29) is 0 Å². The lowest BCUT2D eigenvalue weighted by Crippen LogP contribution is -1.96. The summed E-state index contributed by atoms with van der Waals surface area (Å²) in [6.07, 6.45) is 0. The Kier molecular flexibility index (Phi) is 4.82. The number of nitrogens with zero attached hydrogens (tertiary/aromatic N) is 2. The molecule has 0 saturated heterocycles. The highest BCUT2D eigenvalue weighted by molar-refractivity contribution is 9.10. The Hall–Kier alpha value is -3.34. The Morgan fingerprint density at radius 3 is 2.09 bits per heavy atom. The van der Waals surface area contributed by atoms with Crippen LogP contribution in [0.1, 0.15) is 0 Å². The lowest BCUT2D eigenvalue weighted by atomic mass is 10.0. The van der Waals surface area contributed by atoms with Gasteiger partial charge in [0.2, 0.25) is 0 Å². The summed E-state index contributed by atoms with van der Waals surface area (Å²) in [5.74, 6) is 0.729. The van der Waals surface area contributed by atoms with Gasteiger partial charge in [0.15, 0.2) is 5.82 Å². The number of benzene rings is 4. The molecular weight excluding hydrogens is 476 g/mol. The quantitative estimate of drug-likeness (QED) is 0.247. The minimum absolute atomic E-state index is 0.729. The summed E-state index contributed by atoms with van der Waals surface area (Å²) in [5.41, 5.74) is 5.03. The summed E-state index contributed by atoms with van der Waals surface area (Å²) in [7, 11) is 0. The van der Waals surface area contributed by atoms with Gasteiger partial charge in [0.25, 0.3) is 0 Å². The first kappa shape index (κ1) is 19.4. The second-order valence-corrected chi connectivity index (χ2v) is 9.49. The average molecular weight is 493 g/mol. The highest BCUT2D eigenvalue weighted by Crippen LogP contribution is 2.40. The van der Waals surface area contributed by atoms with Crippen LogP contribution < -0.4 is 0 Å². The Morgan fingerprint density at radius 1 is 0.594 bits per heavy atom. The zero-order chi connectivity index (χ0) is 21.5. The van der Waals surface area contributed by atoms with Gasteiger partial charge in [-0.05, 0) is 18.2 Å². The lowest BCUT2D eigenvalue weighted by Gasteiger charge is -2.11. The van der Waals surface area contributed by atoms with Gasteiger partial charge in [0.1, 0.15) is 0 Å². The van der Waals surface area contributed by atoms with Crippen LogP contribution in [0, 0.1) is 0 Å². The van der Waals surface area contributed by atoms with E-state index in [9.17, 15) is 0 Å². The van der Waals surface area contributed by atoms with E-state index in [1.807, 2.05) is 47.7 Å². The van der Waals surface area contributed by atoms with Gasteiger partial charge < -0.3 is 0 Å². The molecular formula is C28H17BrN2S. The maximum absolute atomic E-state index is 5.03. The molecule has 0 amide bonds. The van der Waals surface area contributed by atoms with Gasteiger partial charge in [-0.3, -0.25) is 0 Å². The van der Waals surface area contributed by atoms with E-state index in [0.717, 1.165) is 38.4 Å².